The number of hydrogen-bond donors (Lipinski definition) is 1. The van der Waals surface area contributed by atoms with Crippen molar-refractivity contribution < 1.29 is 28.7 Å². The largest absolute Gasteiger partial charge is 0.496 e. The summed E-state index contributed by atoms with van der Waals surface area (Å²) in [6, 6.07) is 17.3. The Bertz CT molecular complexity index is 1490. The minimum atomic E-state index is -0.839. The van der Waals surface area contributed by atoms with Crippen LogP contribution >= 0.6 is 22.6 Å². The van der Waals surface area contributed by atoms with Crippen LogP contribution < -0.4 is 15.0 Å². The molecule has 2 heterocycles. The molecule has 0 spiro atoms. The monoisotopic (exact) mass is 607 g/mol. The molecule has 9 nitrogen and oxygen atoms in total. The standard InChI is InChI=1S/C27H18IN3O6/c1-37-22-11-6-15(12-16(22)14-30-24(33)19-4-2-3-5-20(19)25(30)34)13-21-23(32)29-27(36)31(26(21)35)18-9-7-17(28)8-10-18/h2-13H,14H2,1H3,(H,29,32,36)/b21-13-. The molecule has 0 atom stereocenters. The average Bonchev–Trinajstić information content (AvgIpc) is 3.12. The van der Waals surface area contributed by atoms with Gasteiger partial charge in [-0.3, -0.25) is 29.4 Å². The maximum Gasteiger partial charge on any atom is 0.335 e. The van der Waals surface area contributed by atoms with Gasteiger partial charge in [0.05, 0.1) is 30.5 Å². The van der Waals surface area contributed by atoms with E-state index in [0.29, 0.717) is 33.7 Å². The van der Waals surface area contributed by atoms with Crippen molar-refractivity contribution in [1.29, 1.82) is 0 Å². The van der Waals surface area contributed by atoms with Gasteiger partial charge in [-0.15, -0.1) is 0 Å². The van der Waals surface area contributed by atoms with Crippen LogP contribution in [0, 0.1) is 3.57 Å². The summed E-state index contributed by atoms with van der Waals surface area (Å²) in [6.07, 6.45) is 1.36. The molecule has 10 heteroatoms. The lowest BCUT2D eigenvalue weighted by Crippen LogP contribution is -2.54. The van der Waals surface area contributed by atoms with Gasteiger partial charge in [0.15, 0.2) is 0 Å². The number of urea groups is 1. The predicted molar refractivity (Wildman–Crippen MR) is 142 cm³/mol. The number of nitrogens with one attached hydrogen (secondary N) is 1. The molecule has 2 aliphatic rings. The first-order chi connectivity index (χ1) is 17.8. The van der Waals surface area contributed by atoms with Gasteiger partial charge in [-0.25, -0.2) is 9.69 Å². The van der Waals surface area contributed by atoms with Crippen LogP contribution in [0.1, 0.15) is 31.8 Å². The Morgan fingerprint density at radius 1 is 0.865 bits per heavy atom. The molecule has 3 aromatic carbocycles. The summed E-state index contributed by atoms with van der Waals surface area (Å²) in [5, 5.41) is 2.20. The van der Waals surface area contributed by atoms with E-state index in [4.69, 9.17) is 4.74 Å². The van der Waals surface area contributed by atoms with E-state index in [-0.39, 0.29) is 12.1 Å². The van der Waals surface area contributed by atoms with Gasteiger partial charge in [-0.2, -0.15) is 0 Å². The Kier molecular flexibility index (Phi) is 6.34. The van der Waals surface area contributed by atoms with Crippen molar-refractivity contribution in [3.8, 4) is 5.75 Å². The molecule has 1 N–H and O–H groups in total. The van der Waals surface area contributed by atoms with Gasteiger partial charge in [-0.1, -0.05) is 18.2 Å². The van der Waals surface area contributed by atoms with Crippen molar-refractivity contribution in [1.82, 2.24) is 10.2 Å². The summed E-state index contributed by atoms with van der Waals surface area (Å²) in [6.45, 7) is -0.0695. The number of imide groups is 3. The smallest absolute Gasteiger partial charge is 0.335 e. The molecule has 5 rings (SSSR count). The van der Waals surface area contributed by atoms with E-state index in [9.17, 15) is 24.0 Å². The maximum absolute atomic E-state index is 13.2. The number of benzene rings is 3. The van der Waals surface area contributed by atoms with Crippen molar-refractivity contribution >= 4 is 64.0 Å². The molecule has 0 aliphatic carbocycles. The first-order valence-electron chi connectivity index (χ1n) is 11.1. The summed E-state index contributed by atoms with van der Waals surface area (Å²) in [7, 11) is 1.46. The number of fused-ring (bicyclic) bond motifs is 1. The zero-order chi connectivity index (χ0) is 26.3. The number of halogens is 1. The molecule has 3 aromatic rings. The number of amides is 6. The van der Waals surface area contributed by atoms with E-state index in [1.807, 2.05) is 0 Å². The fourth-order valence-corrected chi connectivity index (χ4v) is 4.57. The number of carbonyl (C=O) groups is 5. The number of anilines is 1. The quantitative estimate of drug-likeness (QED) is 0.205. The van der Waals surface area contributed by atoms with Gasteiger partial charge in [-0.05, 0) is 82.8 Å². The fourth-order valence-electron chi connectivity index (χ4n) is 4.21. The molecule has 1 saturated heterocycles. The summed E-state index contributed by atoms with van der Waals surface area (Å²) in [5.74, 6) is -2.00. The van der Waals surface area contributed by atoms with E-state index in [1.165, 1.54) is 13.2 Å². The van der Waals surface area contributed by atoms with E-state index in [1.54, 1.807) is 66.7 Å². The third-order valence-electron chi connectivity index (χ3n) is 6.01. The van der Waals surface area contributed by atoms with Crippen LogP contribution in [-0.2, 0) is 16.1 Å². The van der Waals surface area contributed by atoms with Crippen molar-refractivity contribution in [3.05, 3.63) is 98.1 Å². The minimum Gasteiger partial charge on any atom is -0.496 e. The lowest BCUT2D eigenvalue weighted by atomic mass is 10.0. The molecular weight excluding hydrogens is 589 g/mol. The predicted octanol–water partition coefficient (Wildman–Crippen LogP) is 3.76. The Balaban J connectivity index is 1.47. The fraction of sp³-hybridized carbons (Fsp3) is 0.0741. The maximum atomic E-state index is 13.2. The van der Waals surface area contributed by atoms with Crippen molar-refractivity contribution in [2.24, 2.45) is 0 Å². The molecule has 0 radical (unpaired) electrons. The van der Waals surface area contributed by atoms with Crippen LogP contribution in [0.4, 0.5) is 10.5 Å². The van der Waals surface area contributed by atoms with E-state index in [0.717, 1.165) is 13.4 Å². The van der Waals surface area contributed by atoms with Gasteiger partial charge in [0.25, 0.3) is 23.6 Å². The second-order valence-electron chi connectivity index (χ2n) is 8.25. The molecule has 1 fully saturated rings. The highest BCUT2D eigenvalue weighted by Crippen LogP contribution is 2.29. The van der Waals surface area contributed by atoms with Gasteiger partial charge >= 0.3 is 6.03 Å². The lowest BCUT2D eigenvalue weighted by Gasteiger charge is -2.26. The number of carbonyl (C=O) groups excluding carboxylic acids is 5. The third-order valence-corrected chi connectivity index (χ3v) is 6.73. The molecule has 0 bridgehead atoms. The van der Waals surface area contributed by atoms with Gasteiger partial charge in [0.1, 0.15) is 11.3 Å². The van der Waals surface area contributed by atoms with Gasteiger partial charge in [0, 0.05) is 9.13 Å². The number of hydrogen-bond acceptors (Lipinski definition) is 6. The second kappa shape index (κ2) is 9.62. The van der Waals surface area contributed by atoms with Gasteiger partial charge < -0.3 is 4.74 Å². The average molecular weight is 607 g/mol. The van der Waals surface area contributed by atoms with Crippen LogP contribution in [0.2, 0.25) is 0 Å². The Hall–Kier alpha value is -4.32. The Labute approximate surface area is 224 Å². The highest BCUT2D eigenvalue weighted by Gasteiger charge is 2.37. The summed E-state index contributed by atoms with van der Waals surface area (Å²) < 4.78 is 6.34. The highest BCUT2D eigenvalue weighted by molar-refractivity contribution is 14.1. The Morgan fingerprint density at radius 2 is 1.51 bits per heavy atom. The Morgan fingerprint density at radius 3 is 2.14 bits per heavy atom. The number of nitrogens with zero attached hydrogens (tertiary/aromatic N) is 2. The molecule has 37 heavy (non-hydrogen) atoms. The highest BCUT2D eigenvalue weighted by atomic mass is 127. The zero-order valence-electron chi connectivity index (χ0n) is 19.4. The molecule has 0 saturated carbocycles. The van der Waals surface area contributed by atoms with Crippen molar-refractivity contribution in [2.75, 3.05) is 12.0 Å². The first-order valence-corrected chi connectivity index (χ1v) is 12.2. The zero-order valence-corrected chi connectivity index (χ0v) is 21.5. The van der Waals surface area contributed by atoms with E-state index >= 15 is 0 Å². The van der Waals surface area contributed by atoms with Gasteiger partial charge in [0.2, 0.25) is 0 Å². The van der Waals surface area contributed by atoms with E-state index < -0.39 is 29.7 Å². The molecule has 6 amide bonds. The molecular formula is C27H18IN3O6. The van der Waals surface area contributed by atoms with Crippen LogP contribution in [0.15, 0.2) is 72.3 Å². The normalized spacial score (nSPS) is 16.4. The van der Waals surface area contributed by atoms with E-state index in [2.05, 4.69) is 27.9 Å². The number of methoxy groups -OCH3 is 1. The molecule has 2 aliphatic heterocycles. The molecule has 0 unspecified atom stereocenters. The SMILES string of the molecule is COc1ccc(/C=C2/C(=O)NC(=O)N(c3ccc(I)cc3)C2=O)cc1CN1C(=O)c2ccccc2C1=O. The summed E-state index contributed by atoms with van der Waals surface area (Å²) in [5.41, 5.74) is 1.69. The van der Waals surface area contributed by atoms with Crippen molar-refractivity contribution in [2.45, 2.75) is 6.54 Å². The number of ether oxygens (including phenoxy) is 1. The van der Waals surface area contributed by atoms with Crippen LogP contribution in [0.25, 0.3) is 6.08 Å². The topological polar surface area (TPSA) is 113 Å². The van der Waals surface area contributed by atoms with Crippen LogP contribution in [-0.4, -0.2) is 41.7 Å². The summed E-state index contributed by atoms with van der Waals surface area (Å²) in [4.78, 5) is 65.9. The second-order valence-corrected chi connectivity index (χ2v) is 9.49. The number of barbiturate groups is 1. The number of rotatable bonds is 5. The third kappa shape index (κ3) is 4.40. The van der Waals surface area contributed by atoms with Crippen molar-refractivity contribution in [3.63, 3.8) is 0 Å². The molecule has 184 valence electrons. The first kappa shape index (κ1) is 24.4. The molecule has 0 aromatic heterocycles. The minimum absolute atomic E-state index is 0.0695. The lowest BCUT2D eigenvalue weighted by molar-refractivity contribution is -0.122. The van der Waals surface area contributed by atoms with Crippen LogP contribution in [0.3, 0.4) is 0 Å². The summed E-state index contributed by atoms with van der Waals surface area (Å²) >= 11 is 2.10. The van der Waals surface area contributed by atoms with Crippen LogP contribution in [0.5, 0.6) is 5.75 Å².